The van der Waals surface area contributed by atoms with E-state index in [-0.39, 0.29) is 17.7 Å². The van der Waals surface area contributed by atoms with E-state index in [1.54, 1.807) is 42.6 Å². The van der Waals surface area contributed by atoms with E-state index in [1.165, 1.54) is 12.0 Å². The molecule has 0 saturated carbocycles. The molecule has 7 nitrogen and oxygen atoms in total. The predicted molar refractivity (Wildman–Crippen MR) is 150 cm³/mol. The fraction of sp³-hybridized carbons (Fsp3) is 0.152. The molecule has 40 heavy (non-hydrogen) atoms. The molecule has 0 radical (unpaired) electrons. The van der Waals surface area contributed by atoms with Crippen molar-refractivity contribution in [3.8, 4) is 5.75 Å². The second-order valence-electron chi connectivity index (χ2n) is 10.3. The fourth-order valence-electron chi connectivity index (χ4n) is 6.97. The smallest absolute Gasteiger partial charge is 0.275 e. The number of carbonyl (C=O) groups excluding carboxylic acids is 3. The number of carbonyl (C=O) groups is 3. The van der Waals surface area contributed by atoms with Gasteiger partial charge in [-0.1, -0.05) is 78.9 Å². The third kappa shape index (κ3) is 3.18. The van der Waals surface area contributed by atoms with Gasteiger partial charge in [-0.2, -0.15) is 5.10 Å². The second kappa shape index (κ2) is 9.02. The molecule has 0 unspecified atom stereocenters. The number of hydrogen-bond donors (Lipinski definition) is 1. The Labute approximate surface area is 231 Å². The molecular formula is C33H25N3O4. The van der Waals surface area contributed by atoms with Gasteiger partial charge in [0, 0.05) is 12.1 Å². The van der Waals surface area contributed by atoms with Crippen LogP contribution in [-0.2, 0) is 15.0 Å². The highest BCUT2D eigenvalue weighted by Gasteiger charge is 2.68. The first-order valence-electron chi connectivity index (χ1n) is 13.2. The molecule has 4 aromatic carbocycles. The van der Waals surface area contributed by atoms with Crippen molar-refractivity contribution in [2.45, 2.75) is 11.3 Å². The van der Waals surface area contributed by atoms with Gasteiger partial charge in [-0.25, -0.2) is 10.3 Å². The van der Waals surface area contributed by atoms with Gasteiger partial charge in [0.15, 0.2) is 0 Å². The van der Waals surface area contributed by atoms with Crippen molar-refractivity contribution >= 4 is 29.6 Å². The van der Waals surface area contributed by atoms with Crippen molar-refractivity contribution in [2.75, 3.05) is 12.0 Å². The number of anilines is 1. The van der Waals surface area contributed by atoms with Crippen molar-refractivity contribution in [1.82, 2.24) is 5.43 Å². The molecule has 196 valence electrons. The molecule has 8 rings (SSSR count). The van der Waals surface area contributed by atoms with E-state index in [0.29, 0.717) is 17.0 Å². The second-order valence-corrected chi connectivity index (χ2v) is 10.3. The Morgan fingerprint density at radius 3 is 2.10 bits per heavy atom. The zero-order valence-corrected chi connectivity index (χ0v) is 21.7. The van der Waals surface area contributed by atoms with E-state index in [2.05, 4.69) is 10.5 Å². The Hall–Kier alpha value is -5.04. The van der Waals surface area contributed by atoms with Gasteiger partial charge in [0.1, 0.15) is 5.75 Å². The van der Waals surface area contributed by atoms with Gasteiger partial charge in [0.05, 0.1) is 35.6 Å². The van der Waals surface area contributed by atoms with Gasteiger partial charge in [-0.15, -0.1) is 0 Å². The van der Waals surface area contributed by atoms with Crippen molar-refractivity contribution in [2.24, 2.45) is 16.9 Å². The quantitative estimate of drug-likeness (QED) is 0.232. The lowest BCUT2D eigenvalue weighted by Gasteiger charge is -2.52. The minimum Gasteiger partial charge on any atom is -0.496 e. The number of imide groups is 1. The van der Waals surface area contributed by atoms with Gasteiger partial charge < -0.3 is 4.74 Å². The Morgan fingerprint density at radius 2 is 1.43 bits per heavy atom. The van der Waals surface area contributed by atoms with Crippen LogP contribution >= 0.6 is 0 Å². The maximum atomic E-state index is 14.3. The zero-order chi connectivity index (χ0) is 27.4. The van der Waals surface area contributed by atoms with Crippen molar-refractivity contribution in [3.63, 3.8) is 0 Å². The average molecular weight is 528 g/mol. The summed E-state index contributed by atoms with van der Waals surface area (Å²) >= 11 is 0. The highest BCUT2D eigenvalue weighted by atomic mass is 16.5. The summed E-state index contributed by atoms with van der Waals surface area (Å²) in [7, 11) is 1.50. The van der Waals surface area contributed by atoms with Crippen LogP contribution in [0.3, 0.4) is 0 Å². The molecule has 1 fully saturated rings. The molecule has 3 aliphatic carbocycles. The molecule has 4 aromatic rings. The molecule has 1 saturated heterocycles. The van der Waals surface area contributed by atoms with Crippen molar-refractivity contribution in [3.05, 3.63) is 131 Å². The van der Waals surface area contributed by atoms with Gasteiger partial charge in [0.2, 0.25) is 11.8 Å². The molecule has 3 amide bonds. The van der Waals surface area contributed by atoms with Crippen LogP contribution in [-0.4, -0.2) is 31.0 Å². The number of ether oxygens (including phenoxy) is 1. The van der Waals surface area contributed by atoms with E-state index in [9.17, 15) is 14.4 Å². The monoisotopic (exact) mass is 527 g/mol. The Bertz CT molecular complexity index is 1670. The highest BCUT2D eigenvalue weighted by molar-refractivity contribution is 6.25. The number of amides is 3. The number of para-hydroxylation sites is 2. The normalized spacial score (nSPS) is 24.0. The molecule has 1 aliphatic heterocycles. The van der Waals surface area contributed by atoms with E-state index < -0.39 is 23.2 Å². The molecule has 7 heteroatoms. The van der Waals surface area contributed by atoms with Crippen LogP contribution in [0.4, 0.5) is 5.69 Å². The first kappa shape index (κ1) is 24.0. The third-order valence-corrected chi connectivity index (χ3v) is 8.48. The number of nitrogens with one attached hydrogen (secondary N) is 1. The summed E-state index contributed by atoms with van der Waals surface area (Å²) in [6.07, 6.45) is 1.66. The van der Waals surface area contributed by atoms with E-state index in [1.807, 2.05) is 66.7 Å². The first-order valence-corrected chi connectivity index (χ1v) is 13.2. The molecule has 1 heterocycles. The van der Waals surface area contributed by atoms with Crippen LogP contribution in [0.15, 0.2) is 108 Å². The largest absolute Gasteiger partial charge is 0.496 e. The number of hydrazone groups is 1. The molecule has 1 N–H and O–H groups in total. The molecular weight excluding hydrogens is 502 g/mol. The summed E-state index contributed by atoms with van der Waals surface area (Å²) in [5, 5.41) is 4.47. The zero-order valence-electron chi connectivity index (χ0n) is 21.7. The summed E-state index contributed by atoms with van der Waals surface area (Å²) in [4.78, 5) is 42.9. The number of rotatable bonds is 5. The van der Waals surface area contributed by atoms with E-state index in [4.69, 9.17) is 4.74 Å². The molecule has 4 aliphatic rings. The summed E-state index contributed by atoms with van der Waals surface area (Å²) in [5.74, 6) is -2.08. The summed E-state index contributed by atoms with van der Waals surface area (Å²) in [6, 6.07) is 31.8. The lowest BCUT2D eigenvalue weighted by atomic mass is 9.47. The lowest BCUT2D eigenvalue weighted by molar-refractivity contribution is -0.122. The Morgan fingerprint density at radius 1 is 0.825 bits per heavy atom. The summed E-state index contributed by atoms with van der Waals surface area (Å²) < 4.78 is 5.34. The van der Waals surface area contributed by atoms with Crippen LogP contribution in [0, 0.1) is 11.8 Å². The molecule has 2 bridgehead atoms. The Balaban J connectivity index is 1.40. The van der Waals surface area contributed by atoms with Crippen LogP contribution in [0.5, 0.6) is 5.75 Å². The van der Waals surface area contributed by atoms with Crippen molar-refractivity contribution in [1.29, 1.82) is 0 Å². The highest BCUT2D eigenvalue weighted by Crippen LogP contribution is 2.63. The van der Waals surface area contributed by atoms with Crippen LogP contribution in [0.25, 0.3) is 0 Å². The molecule has 2 atom stereocenters. The lowest BCUT2D eigenvalue weighted by Crippen LogP contribution is -2.54. The fourth-order valence-corrected chi connectivity index (χ4v) is 6.97. The van der Waals surface area contributed by atoms with Crippen LogP contribution in [0.1, 0.15) is 38.5 Å². The maximum Gasteiger partial charge on any atom is 0.275 e. The third-order valence-electron chi connectivity index (χ3n) is 8.48. The van der Waals surface area contributed by atoms with Crippen LogP contribution < -0.4 is 15.1 Å². The van der Waals surface area contributed by atoms with Gasteiger partial charge in [0.25, 0.3) is 5.91 Å². The number of nitrogens with zero attached hydrogens (tertiary/aromatic N) is 2. The number of methoxy groups -OCH3 is 1. The van der Waals surface area contributed by atoms with Gasteiger partial charge in [-0.05, 0) is 46.5 Å². The molecule has 0 spiro atoms. The van der Waals surface area contributed by atoms with Gasteiger partial charge >= 0.3 is 0 Å². The Kier molecular flexibility index (Phi) is 5.42. The summed E-state index contributed by atoms with van der Waals surface area (Å²) in [6.45, 7) is 0. The van der Waals surface area contributed by atoms with Crippen molar-refractivity contribution < 1.29 is 19.1 Å². The summed E-state index contributed by atoms with van der Waals surface area (Å²) in [5.41, 5.74) is 6.33. The van der Waals surface area contributed by atoms with E-state index >= 15 is 0 Å². The predicted octanol–water partition coefficient (Wildman–Crippen LogP) is 4.66. The average Bonchev–Trinajstić information content (AvgIpc) is 3.28. The first-order chi connectivity index (χ1) is 19.6. The minimum absolute atomic E-state index is 0.217. The van der Waals surface area contributed by atoms with Crippen LogP contribution in [0.2, 0.25) is 0 Å². The minimum atomic E-state index is -1.06. The maximum absolute atomic E-state index is 14.3. The topological polar surface area (TPSA) is 88.1 Å². The number of hydrogen-bond acceptors (Lipinski definition) is 5. The molecule has 0 aromatic heterocycles. The SMILES string of the molecule is COc1ccccc1C(=O)N/N=C\C12c3ccccc3C(c3ccccc31)[C@H]1C(=O)N(c3ccccc3)C(=O)[C@@H]12. The number of benzene rings is 4. The van der Waals surface area contributed by atoms with E-state index in [0.717, 1.165) is 22.3 Å². The van der Waals surface area contributed by atoms with Gasteiger partial charge in [-0.3, -0.25) is 14.4 Å². The standard InChI is InChI=1S/C33H25N3O4/c1-40-26-18-10-7-15-23(26)30(37)35-34-19-33-24-16-8-5-13-21(24)27(22-14-6-9-17-25(22)33)28-29(33)32(39)36(31(28)38)20-11-3-2-4-12-20/h2-19,27-29H,1H3,(H,35,37)/b34-19-/t27?,28-,29-,33?/m1/s1.